The molecule has 0 saturated heterocycles. The number of halogens is 2. The van der Waals surface area contributed by atoms with Gasteiger partial charge in [-0.1, -0.05) is 29.3 Å². The highest BCUT2D eigenvalue weighted by molar-refractivity contribution is 6.53. The third kappa shape index (κ3) is 3.05. The first kappa shape index (κ1) is 18.0. The van der Waals surface area contributed by atoms with Crippen LogP contribution >= 0.6 is 23.2 Å². The maximum absolute atomic E-state index is 12.7. The summed E-state index contributed by atoms with van der Waals surface area (Å²) in [5, 5.41) is 11.9. The Kier molecular flexibility index (Phi) is 4.71. The molecular weight excluding hydrogens is 379 g/mol. The van der Waals surface area contributed by atoms with Crippen molar-refractivity contribution >= 4 is 52.4 Å². The van der Waals surface area contributed by atoms with Crippen LogP contribution in [0.1, 0.15) is 15.9 Å². The molecule has 132 valence electrons. The number of carboxylic acid groups (broad SMARTS) is 1. The molecule has 2 aromatic carbocycles. The summed E-state index contributed by atoms with van der Waals surface area (Å²) >= 11 is 12.1. The zero-order chi connectivity index (χ0) is 19.0. The molecule has 1 aliphatic heterocycles. The molecule has 1 aliphatic rings. The predicted molar refractivity (Wildman–Crippen MR) is 98.6 cm³/mol. The van der Waals surface area contributed by atoms with E-state index in [1.807, 2.05) is 0 Å². The van der Waals surface area contributed by atoms with Crippen LogP contribution in [0.25, 0.3) is 0 Å². The van der Waals surface area contributed by atoms with Crippen LogP contribution < -0.4 is 10.2 Å². The molecule has 0 fully saturated rings. The van der Waals surface area contributed by atoms with Crippen LogP contribution in [0.4, 0.5) is 11.4 Å². The number of aromatic carboxylic acids is 1. The molecule has 8 heteroatoms. The molecule has 2 N–H and O–H groups in total. The highest BCUT2D eigenvalue weighted by atomic mass is 35.5. The second kappa shape index (κ2) is 6.82. The molecular formula is C18H12Cl2N2O4. The summed E-state index contributed by atoms with van der Waals surface area (Å²) < 4.78 is 0. The van der Waals surface area contributed by atoms with Crippen LogP contribution in [0.2, 0.25) is 5.02 Å². The van der Waals surface area contributed by atoms with E-state index in [0.717, 1.165) is 4.90 Å². The second-order valence-corrected chi connectivity index (χ2v) is 6.31. The average Bonchev–Trinajstić information content (AvgIpc) is 2.82. The van der Waals surface area contributed by atoms with E-state index in [-0.39, 0.29) is 16.3 Å². The number of amides is 2. The Morgan fingerprint density at radius 1 is 1.04 bits per heavy atom. The van der Waals surface area contributed by atoms with Crippen LogP contribution in [-0.2, 0) is 9.59 Å². The monoisotopic (exact) mass is 390 g/mol. The summed E-state index contributed by atoms with van der Waals surface area (Å²) in [6.45, 7) is 1.70. The average molecular weight is 391 g/mol. The van der Waals surface area contributed by atoms with E-state index < -0.39 is 17.8 Å². The summed E-state index contributed by atoms with van der Waals surface area (Å²) in [7, 11) is 0. The van der Waals surface area contributed by atoms with Crippen LogP contribution in [0.3, 0.4) is 0 Å². The Labute approximate surface area is 158 Å². The first-order valence-corrected chi connectivity index (χ1v) is 8.21. The van der Waals surface area contributed by atoms with Gasteiger partial charge in [-0.2, -0.15) is 0 Å². The molecule has 0 aromatic heterocycles. The first-order valence-electron chi connectivity index (χ1n) is 7.45. The van der Waals surface area contributed by atoms with Gasteiger partial charge >= 0.3 is 5.97 Å². The minimum Gasteiger partial charge on any atom is -0.478 e. The van der Waals surface area contributed by atoms with E-state index in [0.29, 0.717) is 22.0 Å². The van der Waals surface area contributed by atoms with E-state index in [4.69, 9.17) is 28.3 Å². The number of hydrogen-bond acceptors (Lipinski definition) is 4. The fraction of sp³-hybridized carbons (Fsp3) is 0.0556. The van der Waals surface area contributed by atoms with Crippen molar-refractivity contribution in [3.8, 4) is 0 Å². The Hall–Kier alpha value is -2.83. The van der Waals surface area contributed by atoms with Crippen molar-refractivity contribution < 1.29 is 19.5 Å². The second-order valence-electron chi connectivity index (χ2n) is 5.53. The van der Waals surface area contributed by atoms with E-state index in [1.165, 1.54) is 24.3 Å². The third-order valence-electron chi connectivity index (χ3n) is 3.91. The molecule has 2 amide bonds. The van der Waals surface area contributed by atoms with E-state index in [2.05, 4.69) is 5.32 Å². The summed E-state index contributed by atoms with van der Waals surface area (Å²) in [6, 6.07) is 10.6. The Balaban J connectivity index is 1.91. The maximum Gasteiger partial charge on any atom is 0.335 e. The van der Waals surface area contributed by atoms with E-state index in [9.17, 15) is 14.4 Å². The van der Waals surface area contributed by atoms with Crippen molar-refractivity contribution in [2.75, 3.05) is 10.2 Å². The zero-order valence-corrected chi connectivity index (χ0v) is 14.9. The molecule has 0 spiro atoms. The minimum atomic E-state index is -1.07. The van der Waals surface area contributed by atoms with Crippen LogP contribution in [0.5, 0.6) is 0 Å². The number of nitrogens with zero attached hydrogens (tertiary/aromatic N) is 1. The molecule has 0 radical (unpaired) electrons. The van der Waals surface area contributed by atoms with Gasteiger partial charge in [-0.3, -0.25) is 9.59 Å². The van der Waals surface area contributed by atoms with Crippen molar-refractivity contribution in [3.05, 3.63) is 69.3 Å². The molecule has 0 saturated carbocycles. The molecule has 1 heterocycles. The van der Waals surface area contributed by atoms with Crippen molar-refractivity contribution in [2.45, 2.75) is 6.92 Å². The summed E-state index contributed by atoms with van der Waals surface area (Å²) in [6.07, 6.45) is 0. The van der Waals surface area contributed by atoms with Gasteiger partial charge < -0.3 is 10.4 Å². The number of carbonyl (C=O) groups excluding carboxylic acids is 2. The first-order chi connectivity index (χ1) is 12.3. The van der Waals surface area contributed by atoms with Gasteiger partial charge in [0, 0.05) is 10.7 Å². The largest absolute Gasteiger partial charge is 0.478 e. The van der Waals surface area contributed by atoms with Gasteiger partial charge in [0.15, 0.2) is 0 Å². The quantitative estimate of drug-likeness (QED) is 0.775. The van der Waals surface area contributed by atoms with Crippen molar-refractivity contribution in [2.24, 2.45) is 0 Å². The topological polar surface area (TPSA) is 86.7 Å². The Morgan fingerprint density at radius 2 is 1.69 bits per heavy atom. The standard InChI is InChI=1S/C18H12Cl2N2O4/c1-9-12(19)3-2-4-13(9)22-16(23)14(20)15(17(22)24)21-11-7-5-10(6-8-11)18(25)26/h2-8,21H,1H3,(H,25,26). The summed E-state index contributed by atoms with van der Waals surface area (Å²) in [5.41, 5.74) is 1.37. The highest BCUT2D eigenvalue weighted by Crippen LogP contribution is 2.34. The molecule has 0 aliphatic carbocycles. The number of anilines is 2. The maximum atomic E-state index is 12.7. The van der Waals surface area contributed by atoms with Gasteiger partial charge in [0.05, 0.1) is 11.3 Å². The highest BCUT2D eigenvalue weighted by Gasteiger charge is 2.39. The smallest absolute Gasteiger partial charge is 0.335 e. The molecule has 2 aromatic rings. The van der Waals surface area contributed by atoms with Gasteiger partial charge in [0.1, 0.15) is 10.7 Å². The fourth-order valence-electron chi connectivity index (χ4n) is 2.51. The minimum absolute atomic E-state index is 0.0842. The number of nitrogens with one attached hydrogen (secondary N) is 1. The van der Waals surface area contributed by atoms with Gasteiger partial charge in [0.25, 0.3) is 11.8 Å². The lowest BCUT2D eigenvalue weighted by molar-refractivity contribution is -0.120. The number of carbonyl (C=O) groups is 3. The van der Waals surface area contributed by atoms with Crippen molar-refractivity contribution in [3.63, 3.8) is 0 Å². The van der Waals surface area contributed by atoms with Gasteiger partial charge in [-0.25, -0.2) is 9.69 Å². The molecule has 0 bridgehead atoms. The molecule has 0 atom stereocenters. The Bertz CT molecular complexity index is 968. The van der Waals surface area contributed by atoms with E-state index >= 15 is 0 Å². The fourth-order valence-corrected chi connectivity index (χ4v) is 2.89. The van der Waals surface area contributed by atoms with Crippen molar-refractivity contribution in [1.29, 1.82) is 0 Å². The number of benzene rings is 2. The lowest BCUT2D eigenvalue weighted by atomic mass is 10.2. The lowest BCUT2D eigenvalue weighted by Crippen LogP contribution is -2.32. The summed E-state index contributed by atoms with van der Waals surface area (Å²) in [4.78, 5) is 37.1. The number of carboxylic acids is 1. The van der Waals surface area contributed by atoms with Gasteiger partial charge in [-0.05, 0) is 48.9 Å². The van der Waals surface area contributed by atoms with Crippen molar-refractivity contribution in [1.82, 2.24) is 0 Å². The number of hydrogen-bond donors (Lipinski definition) is 2. The predicted octanol–water partition coefficient (Wildman–Crippen LogP) is 3.78. The van der Waals surface area contributed by atoms with E-state index in [1.54, 1.807) is 25.1 Å². The van der Waals surface area contributed by atoms with Gasteiger partial charge in [-0.15, -0.1) is 0 Å². The third-order valence-corrected chi connectivity index (χ3v) is 4.67. The number of rotatable bonds is 4. The van der Waals surface area contributed by atoms with Crippen LogP contribution in [-0.4, -0.2) is 22.9 Å². The van der Waals surface area contributed by atoms with Gasteiger partial charge in [0.2, 0.25) is 0 Å². The Morgan fingerprint density at radius 3 is 2.31 bits per heavy atom. The zero-order valence-electron chi connectivity index (χ0n) is 13.4. The number of imide groups is 1. The summed E-state index contributed by atoms with van der Waals surface area (Å²) in [5.74, 6) is -2.34. The lowest BCUT2D eigenvalue weighted by Gasteiger charge is -2.18. The normalized spacial score (nSPS) is 14.2. The molecule has 26 heavy (non-hydrogen) atoms. The molecule has 0 unspecified atom stereocenters. The molecule has 3 rings (SSSR count). The molecule has 6 nitrogen and oxygen atoms in total. The van der Waals surface area contributed by atoms with Crippen LogP contribution in [0.15, 0.2) is 53.2 Å². The van der Waals surface area contributed by atoms with Crippen LogP contribution in [0, 0.1) is 6.92 Å². The SMILES string of the molecule is Cc1c(Cl)cccc1N1C(=O)C(Cl)=C(Nc2ccc(C(=O)O)cc2)C1=O.